The SMILES string of the molecule is CCS(=O)(=O)Nc1ccc(C(=O)Cc2ccccc2)cc1. The molecule has 0 atom stereocenters. The molecule has 0 radical (unpaired) electrons. The molecule has 5 heteroatoms. The molecule has 21 heavy (non-hydrogen) atoms. The van der Waals surface area contributed by atoms with E-state index in [1.807, 2.05) is 30.3 Å². The predicted molar refractivity (Wildman–Crippen MR) is 84.0 cm³/mol. The second-order valence-corrected chi connectivity index (χ2v) is 6.68. The molecule has 2 rings (SSSR count). The largest absolute Gasteiger partial charge is 0.294 e. The summed E-state index contributed by atoms with van der Waals surface area (Å²) in [6.45, 7) is 1.57. The Balaban J connectivity index is 2.07. The number of ketones is 1. The standard InChI is InChI=1S/C16H17NO3S/c1-2-21(19,20)17-15-10-8-14(9-11-15)16(18)12-13-6-4-3-5-7-13/h3-11,17H,2,12H2,1H3. The minimum absolute atomic E-state index is 0.00565. The highest BCUT2D eigenvalue weighted by molar-refractivity contribution is 7.92. The van der Waals surface area contributed by atoms with Crippen LogP contribution in [0.3, 0.4) is 0 Å². The van der Waals surface area contributed by atoms with Crippen molar-refractivity contribution in [3.63, 3.8) is 0 Å². The zero-order chi connectivity index (χ0) is 15.3. The van der Waals surface area contributed by atoms with Crippen LogP contribution in [0.15, 0.2) is 54.6 Å². The molecule has 0 aliphatic heterocycles. The number of carbonyl (C=O) groups is 1. The van der Waals surface area contributed by atoms with Gasteiger partial charge in [0.05, 0.1) is 5.75 Å². The van der Waals surface area contributed by atoms with Crippen LogP contribution in [0, 0.1) is 0 Å². The lowest BCUT2D eigenvalue weighted by Gasteiger charge is -2.07. The number of benzene rings is 2. The van der Waals surface area contributed by atoms with E-state index in [9.17, 15) is 13.2 Å². The maximum Gasteiger partial charge on any atom is 0.232 e. The van der Waals surface area contributed by atoms with Crippen molar-refractivity contribution in [2.75, 3.05) is 10.5 Å². The lowest BCUT2D eigenvalue weighted by molar-refractivity contribution is 0.0993. The number of rotatable bonds is 6. The van der Waals surface area contributed by atoms with Crippen LogP contribution in [-0.4, -0.2) is 20.0 Å². The number of sulfonamides is 1. The highest BCUT2D eigenvalue weighted by atomic mass is 32.2. The van der Waals surface area contributed by atoms with E-state index in [-0.39, 0.29) is 11.5 Å². The summed E-state index contributed by atoms with van der Waals surface area (Å²) in [5, 5.41) is 0. The van der Waals surface area contributed by atoms with E-state index in [1.54, 1.807) is 31.2 Å². The van der Waals surface area contributed by atoms with E-state index in [0.717, 1.165) is 5.56 Å². The summed E-state index contributed by atoms with van der Waals surface area (Å²) < 4.78 is 25.3. The minimum Gasteiger partial charge on any atom is -0.294 e. The maximum absolute atomic E-state index is 12.1. The van der Waals surface area contributed by atoms with Crippen LogP contribution in [0.25, 0.3) is 0 Å². The first-order chi connectivity index (χ1) is 10.00. The highest BCUT2D eigenvalue weighted by Gasteiger charge is 2.09. The zero-order valence-electron chi connectivity index (χ0n) is 11.7. The van der Waals surface area contributed by atoms with Crippen molar-refractivity contribution < 1.29 is 13.2 Å². The minimum atomic E-state index is -3.29. The van der Waals surface area contributed by atoms with Crippen molar-refractivity contribution in [3.8, 4) is 0 Å². The summed E-state index contributed by atoms with van der Waals surface area (Å²) in [5.74, 6) is 0.0212. The van der Waals surface area contributed by atoms with Crippen molar-refractivity contribution in [2.45, 2.75) is 13.3 Å². The van der Waals surface area contributed by atoms with Gasteiger partial charge >= 0.3 is 0 Å². The van der Waals surface area contributed by atoms with Crippen molar-refractivity contribution in [3.05, 3.63) is 65.7 Å². The molecule has 0 aliphatic carbocycles. The Kier molecular flexibility index (Phi) is 4.75. The molecule has 0 aromatic heterocycles. The third-order valence-corrected chi connectivity index (χ3v) is 4.37. The van der Waals surface area contributed by atoms with Gasteiger partial charge < -0.3 is 0 Å². The third kappa shape index (κ3) is 4.43. The normalized spacial score (nSPS) is 11.1. The molecule has 1 N–H and O–H groups in total. The molecule has 0 spiro atoms. The van der Waals surface area contributed by atoms with Gasteiger partial charge in [-0.15, -0.1) is 0 Å². The Hall–Kier alpha value is -2.14. The van der Waals surface area contributed by atoms with E-state index in [4.69, 9.17) is 0 Å². The van der Waals surface area contributed by atoms with Gasteiger partial charge in [-0.1, -0.05) is 30.3 Å². The molecule has 0 saturated carbocycles. The second kappa shape index (κ2) is 6.54. The van der Waals surface area contributed by atoms with E-state index in [1.165, 1.54) is 0 Å². The summed E-state index contributed by atoms with van der Waals surface area (Å²) in [4.78, 5) is 12.1. The molecule has 0 fully saturated rings. The van der Waals surface area contributed by atoms with Crippen LogP contribution in [0.5, 0.6) is 0 Å². The van der Waals surface area contributed by atoms with Gasteiger partial charge in [0.2, 0.25) is 10.0 Å². The molecule has 110 valence electrons. The Morgan fingerprint density at radius 3 is 2.19 bits per heavy atom. The predicted octanol–water partition coefficient (Wildman–Crippen LogP) is 2.87. The third-order valence-electron chi connectivity index (χ3n) is 3.07. The number of anilines is 1. The number of Topliss-reactive ketones (excluding diaryl/α,β-unsaturated/α-hetero) is 1. The number of hydrogen-bond acceptors (Lipinski definition) is 3. The Labute approximate surface area is 124 Å². The van der Waals surface area contributed by atoms with Gasteiger partial charge in [-0.05, 0) is 36.8 Å². The molecule has 0 saturated heterocycles. The van der Waals surface area contributed by atoms with E-state index in [0.29, 0.717) is 17.7 Å². The summed E-state index contributed by atoms with van der Waals surface area (Å²) >= 11 is 0. The van der Waals surface area contributed by atoms with Crippen molar-refractivity contribution in [2.24, 2.45) is 0 Å². The molecule has 0 amide bonds. The molecule has 0 unspecified atom stereocenters. The fourth-order valence-electron chi connectivity index (χ4n) is 1.86. The number of hydrogen-bond donors (Lipinski definition) is 1. The lowest BCUT2D eigenvalue weighted by atomic mass is 10.0. The molecule has 0 bridgehead atoms. The Bertz CT molecular complexity index is 707. The highest BCUT2D eigenvalue weighted by Crippen LogP contribution is 2.13. The van der Waals surface area contributed by atoms with Crippen LogP contribution in [0.1, 0.15) is 22.8 Å². The topological polar surface area (TPSA) is 63.2 Å². The summed E-state index contributed by atoms with van der Waals surface area (Å²) in [6, 6.07) is 16.0. The monoisotopic (exact) mass is 303 g/mol. The van der Waals surface area contributed by atoms with Crippen molar-refractivity contribution in [1.29, 1.82) is 0 Å². The van der Waals surface area contributed by atoms with Crippen LogP contribution in [0.2, 0.25) is 0 Å². The van der Waals surface area contributed by atoms with Gasteiger partial charge in [-0.2, -0.15) is 0 Å². The van der Waals surface area contributed by atoms with Gasteiger partial charge in [0.1, 0.15) is 0 Å². The maximum atomic E-state index is 12.1. The molecular weight excluding hydrogens is 286 g/mol. The van der Waals surface area contributed by atoms with Crippen LogP contribution < -0.4 is 4.72 Å². The summed E-state index contributed by atoms with van der Waals surface area (Å²) in [6.07, 6.45) is 0.334. The fraction of sp³-hybridized carbons (Fsp3) is 0.188. The van der Waals surface area contributed by atoms with Gasteiger partial charge in [0.25, 0.3) is 0 Å². The number of carbonyl (C=O) groups excluding carboxylic acids is 1. The molecular formula is C16H17NO3S. The molecule has 0 aliphatic rings. The van der Waals surface area contributed by atoms with Crippen LogP contribution in [-0.2, 0) is 16.4 Å². The smallest absolute Gasteiger partial charge is 0.232 e. The molecule has 2 aromatic rings. The van der Waals surface area contributed by atoms with E-state index in [2.05, 4.69) is 4.72 Å². The average molecular weight is 303 g/mol. The van der Waals surface area contributed by atoms with Crippen LogP contribution >= 0.6 is 0 Å². The average Bonchev–Trinajstić information content (AvgIpc) is 2.48. The molecule has 0 heterocycles. The Morgan fingerprint density at radius 1 is 1.00 bits per heavy atom. The zero-order valence-corrected chi connectivity index (χ0v) is 12.6. The quantitative estimate of drug-likeness (QED) is 0.835. The first-order valence-corrected chi connectivity index (χ1v) is 8.33. The molecule has 2 aromatic carbocycles. The van der Waals surface area contributed by atoms with Gasteiger partial charge in [0.15, 0.2) is 5.78 Å². The van der Waals surface area contributed by atoms with Gasteiger partial charge in [0, 0.05) is 17.7 Å². The summed E-state index contributed by atoms with van der Waals surface area (Å²) in [5.41, 5.74) is 1.99. The first kappa shape index (κ1) is 15.3. The van der Waals surface area contributed by atoms with E-state index < -0.39 is 10.0 Å². The lowest BCUT2D eigenvalue weighted by Crippen LogP contribution is -2.14. The fourth-order valence-corrected chi connectivity index (χ4v) is 2.50. The van der Waals surface area contributed by atoms with Gasteiger partial charge in [-0.25, -0.2) is 8.42 Å². The molecule has 4 nitrogen and oxygen atoms in total. The van der Waals surface area contributed by atoms with Crippen molar-refractivity contribution in [1.82, 2.24) is 0 Å². The second-order valence-electron chi connectivity index (χ2n) is 4.67. The van der Waals surface area contributed by atoms with Crippen LogP contribution in [0.4, 0.5) is 5.69 Å². The first-order valence-electron chi connectivity index (χ1n) is 6.68. The summed E-state index contributed by atoms with van der Waals surface area (Å²) in [7, 11) is -3.29. The number of nitrogens with one attached hydrogen (secondary N) is 1. The van der Waals surface area contributed by atoms with Gasteiger partial charge in [-0.3, -0.25) is 9.52 Å². The Morgan fingerprint density at radius 2 is 1.62 bits per heavy atom. The van der Waals surface area contributed by atoms with Crippen molar-refractivity contribution >= 4 is 21.5 Å². The van der Waals surface area contributed by atoms with E-state index >= 15 is 0 Å².